The van der Waals surface area contributed by atoms with Crippen molar-refractivity contribution in [2.75, 3.05) is 12.8 Å². The smallest absolute Gasteiger partial charge is 0.242 e. The number of carbonyl (C=O) groups is 2. The number of carbonyl (C=O) groups excluding carboxylic acids is 2. The Hall–Kier alpha value is -2.47. The molecule has 0 heterocycles. The van der Waals surface area contributed by atoms with Crippen LogP contribution in [0.3, 0.4) is 0 Å². The van der Waals surface area contributed by atoms with Gasteiger partial charge in [-0.05, 0) is 35.4 Å². The van der Waals surface area contributed by atoms with Crippen LogP contribution in [-0.4, -0.2) is 35.6 Å². The highest BCUT2D eigenvalue weighted by atomic mass is 35.5. The standard InChI is InChI=1S/C25H24Cl2N2O2S/c1-28-25(31)23(14-18-8-4-2-5-9-18)29(16-19-12-13-20(26)15-22(19)27)24(30)17-32-21-10-6-3-7-11-21/h2-13,15,23H,14,16-17H2,1H3,(H,28,31)/t23-/m0/s1. The second kappa shape index (κ2) is 12.0. The molecule has 7 heteroatoms. The number of amides is 2. The molecule has 32 heavy (non-hydrogen) atoms. The summed E-state index contributed by atoms with van der Waals surface area (Å²) in [4.78, 5) is 28.9. The van der Waals surface area contributed by atoms with E-state index in [1.165, 1.54) is 11.8 Å². The van der Waals surface area contributed by atoms with Crippen molar-refractivity contribution in [2.45, 2.75) is 23.9 Å². The van der Waals surface area contributed by atoms with Gasteiger partial charge in [0.25, 0.3) is 0 Å². The molecule has 2 amide bonds. The van der Waals surface area contributed by atoms with Crippen LogP contribution in [0.25, 0.3) is 0 Å². The summed E-state index contributed by atoms with van der Waals surface area (Å²) < 4.78 is 0. The predicted octanol–water partition coefficient (Wildman–Crippen LogP) is 5.47. The van der Waals surface area contributed by atoms with Crippen molar-refractivity contribution in [2.24, 2.45) is 0 Å². The molecule has 0 aliphatic heterocycles. The Bertz CT molecular complexity index is 1050. The molecule has 0 radical (unpaired) electrons. The molecule has 0 aliphatic rings. The van der Waals surface area contributed by atoms with E-state index >= 15 is 0 Å². The fraction of sp³-hybridized carbons (Fsp3) is 0.200. The van der Waals surface area contributed by atoms with Gasteiger partial charge < -0.3 is 10.2 Å². The van der Waals surface area contributed by atoms with Crippen LogP contribution < -0.4 is 5.32 Å². The summed E-state index contributed by atoms with van der Waals surface area (Å²) in [6.07, 6.45) is 0.396. The number of likely N-dealkylation sites (N-methyl/N-ethyl adjacent to an activating group) is 1. The van der Waals surface area contributed by atoms with Gasteiger partial charge in [-0.25, -0.2) is 0 Å². The molecule has 0 aliphatic carbocycles. The number of benzene rings is 3. The number of rotatable bonds is 9. The molecule has 3 aromatic rings. The van der Waals surface area contributed by atoms with Crippen LogP contribution in [0.5, 0.6) is 0 Å². The molecule has 0 spiro atoms. The third-order valence-electron chi connectivity index (χ3n) is 4.98. The normalized spacial score (nSPS) is 11.6. The highest BCUT2D eigenvalue weighted by Crippen LogP contribution is 2.25. The van der Waals surface area contributed by atoms with Crippen molar-refractivity contribution in [1.29, 1.82) is 0 Å². The number of halogens is 2. The number of hydrogen-bond donors (Lipinski definition) is 1. The van der Waals surface area contributed by atoms with E-state index in [1.54, 1.807) is 30.1 Å². The Morgan fingerprint density at radius 1 is 0.969 bits per heavy atom. The largest absolute Gasteiger partial charge is 0.357 e. The minimum absolute atomic E-state index is 0.144. The van der Waals surface area contributed by atoms with Crippen molar-refractivity contribution >= 4 is 46.8 Å². The van der Waals surface area contributed by atoms with Gasteiger partial charge >= 0.3 is 0 Å². The van der Waals surface area contributed by atoms with Gasteiger partial charge in [0.05, 0.1) is 5.75 Å². The molecule has 0 saturated heterocycles. The topological polar surface area (TPSA) is 49.4 Å². The highest BCUT2D eigenvalue weighted by Gasteiger charge is 2.30. The Morgan fingerprint density at radius 3 is 2.25 bits per heavy atom. The molecule has 1 N–H and O–H groups in total. The Labute approximate surface area is 202 Å². The first-order chi connectivity index (χ1) is 15.5. The van der Waals surface area contributed by atoms with Crippen molar-refractivity contribution in [1.82, 2.24) is 10.2 Å². The molecule has 0 fully saturated rings. The lowest BCUT2D eigenvalue weighted by atomic mass is 10.0. The van der Waals surface area contributed by atoms with E-state index in [0.717, 1.165) is 16.0 Å². The Kier molecular flexibility index (Phi) is 9.03. The van der Waals surface area contributed by atoms with Gasteiger partial charge in [-0.3, -0.25) is 9.59 Å². The monoisotopic (exact) mass is 486 g/mol. The van der Waals surface area contributed by atoms with E-state index in [1.807, 2.05) is 60.7 Å². The van der Waals surface area contributed by atoms with Crippen LogP contribution in [0.4, 0.5) is 0 Å². The van der Waals surface area contributed by atoms with E-state index in [9.17, 15) is 9.59 Å². The van der Waals surface area contributed by atoms with Gasteiger partial charge in [0, 0.05) is 35.0 Å². The Balaban J connectivity index is 1.90. The van der Waals surface area contributed by atoms with Crippen molar-refractivity contribution < 1.29 is 9.59 Å². The van der Waals surface area contributed by atoms with Crippen molar-refractivity contribution in [3.8, 4) is 0 Å². The second-order valence-electron chi connectivity index (χ2n) is 7.18. The first-order valence-electron chi connectivity index (χ1n) is 10.1. The molecule has 0 bridgehead atoms. The third-order valence-corrected chi connectivity index (χ3v) is 6.56. The van der Waals surface area contributed by atoms with E-state index in [2.05, 4.69) is 5.32 Å². The molecular formula is C25H24Cl2N2O2S. The molecule has 0 unspecified atom stereocenters. The number of nitrogens with one attached hydrogen (secondary N) is 1. The van der Waals surface area contributed by atoms with Crippen LogP contribution in [-0.2, 0) is 22.6 Å². The maximum absolute atomic E-state index is 13.4. The SMILES string of the molecule is CNC(=O)[C@H](Cc1ccccc1)N(Cc1ccc(Cl)cc1Cl)C(=O)CSc1ccccc1. The highest BCUT2D eigenvalue weighted by molar-refractivity contribution is 8.00. The van der Waals surface area contributed by atoms with Gasteiger partial charge in [-0.15, -0.1) is 11.8 Å². The van der Waals surface area contributed by atoms with Crippen LogP contribution >= 0.6 is 35.0 Å². The molecule has 166 valence electrons. The summed E-state index contributed by atoms with van der Waals surface area (Å²) >= 11 is 13.9. The van der Waals surface area contributed by atoms with Gasteiger partial charge in [-0.2, -0.15) is 0 Å². The average Bonchev–Trinajstić information content (AvgIpc) is 2.81. The zero-order valence-electron chi connectivity index (χ0n) is 17.6. The molecule has 0 saturated carbocycles. The molecular weight excluding hydrogens is 463 g/mol. The zero-order chi connectivity index (χ0) is 22.9. The van der Waals surface area contributed by atoms with Gasteiger partial charge in [0.2, 0.25) is 11.8 Å². The fourth-order valence-electron chi connectivity index (χ4n) is 3.30. The van der Waals surface area contributed by atoms with Crippen LogP contribution in [0.2, 0.25) is 10.0 Å². The van der Waals surface area contributed by atoms with Crippen LogP contribution in [0.1, 0.15) is 11.1 Å². The average molecular weight is 487 g/mol. The Morgan fingerprint density at radius 2 is 1.62 bits per heavy atom. The zero-order valence-corrected chi connectivity index (χ0v) is 20.0. The van der Waals surface area contributed by atoms with E-state index < -0.39 is 6.04 Å². The van der Waals surface area contributed by atoms with Crippen LogP contribution in [0, 0.1) is 0 Å². The summed E-state index contributed by atoms with van der Waals surface area (Å²) in [5.41, 5.74) is 1.70. The van der Waals surface area contributed by atoms with Gasteiger partial charge in [-0.1, -0.05) is 77.8 Å². The first-order valence-corrected chi connectivity index (χ1v) is 11.9. The minimum atomic E-state index is -0.682. The lowest BCUT2D eigenvalue weighted by Crippen LogP contribution is -2.50. The predicted molar refractivity (Wildman–Crippen MR) is 132 cm³/mol. The quantitative estimate of drug-likeness (QED) is 0.407. The fourth-order valence-corrected chi connectivity index (χ4v) is 4.57. The number of nitrogens with zero attached hydrogens (tertiary/aromatic N) is 1. The molecule has 1 atom stereocenters. The van der Waals surface area contributed by atoms with Crippen molar-refractivity contribution in [3.05, 3.63) is 100 Å². The number of hydrogen-bond acceptors (Lipinski definition) is 3. The summed E-state index contributed by atoms with van der Waals surface area (Å²) in [7, 11) is 1.58. The number of thioether (sulfide) groups is 1. The molecule has 4 nitrogen and oxygen atoms in total. The lowest BCUT2D eigenvalue weighted by Gasteiger charge is -2.31. The van der Waals surface area contributed by atoms with Gasteiger partial charge in [0.15, 0.2) is 0 Å². The minimum Gasteiger partial charge on any atom is -0.357 e. The molecule has 0 aromatic heterocycles. The first kappa shape index (κ1) is 24.2. The second-order valence-corrected chi connectivity index (χ2v) is 9.07. The van der Waals surface area contributed by atoms with Crippen LogP contribution in [0.15, 0.2) is 83.8 Å². The maximum Gasteiger partial charge on any atom is 0.242 e. The third kappa shape index (κ3) is 6.76. The summed E-state index contributed by atoms with van der Waals surface area (Å²) in [6, 6.07) is 23.9. The lowest BCUT2D eigenvalue weighted by molar-refractivity contribution is -0.139. The molecule has 3 rings (SSSR count). The van der Waals surface area contributed by atoms with E-state index in [-0.39, 0.29) is 24.1 Å². The van der Waals surface area contributed by atoms with Crippen molar-refractivity contribution in [3.63, 3.8) is 0 Å². The van der Waals surface area contributed by atoms with E-state index in [4.69, 9.17) is 23.2 Å². The molecule has 3 aromatic carbocycles. The maximum atomic E-state index is 13.4. The van der Waals surface area contributed by atoms with Gasteiger partial charge in [0.1, 0.15) is 6.04 Å². The summed E-state index contributed by atoms with van der Waals surface area (Å²) in [5, 5.41) is 3.69. The summed E-state index contributed by atoms with van der Waals surface area (Å²) in [5.74, 6) is -0.163. The summed E-state index contributed by atoms with van der Waals surface area (Å²) in [6.45, 7) is 0.203. The van der Waals surface area contributed by atoms with E-state index in [0.29, 0.717) is 16.5 Å².